The van der Waals surface area contributed by atoms with E-state index < -0.39 is 0 Å². The Morgan fingerprint density at radius 3 is 2.48 bits per heavy atom. The van der Waals surface area contributed by atoms with Gasteiger partial charge in [-0.3, -0.25) is 0 Å². The minimum Gasteiger partial charge on any atom is -0.495 e. The lowest BCUT2D eigenvalue weighted by atomic mass is 10.1. The molecule has 0 spiro atoms. The molecule has 5 nitrogen and oxygen atoms in total. The first-order valence-corrected chi connectivity index (χ1v) is 8.31. The molecule has 0 saturated carbocycles. The molecule has 2 amide bonds. The van der Waals surface area contributed by atoms with E-state index in [1.54, 1.807) is 7.11 Å². The summed E-state index contributed by atoms with van der Waals surface area (Å²) < 4.78 is 11.1. The number of amides is 2. The van der Waals surface area contributed by atoms with Gasteiger partial charge in [0.15, 0.2) is 0 Å². The number of carbonyl (C=O) groups excluding carboxylic acids is 1. The van der Waals surface area contributed by atoms with Crippen LogP contribution in [0.1, 0.15) is 22.3 Å². The fourth-order valence-electron chi connectivity index (χ4n) is 2.55. The Hall–Kier alpha value is -2.69. The highest BCUT2D eigenvalue weighted by molar-refractivity contribution is 5.91. The van der Waals surface area contributed by atoms with Crippen molar-refractivity contribution in [3.8, 4) is 11.5 Å². The molecule has 0 unspecified atom stereocenters. The average Bonchev–Trinajstić information content (AvgIpc) is 2.58. The van der Waals surface area contributed by atoms with Crippen molar-refractivity contribution in [1.29, 1.82) is 0 Å². The first-order valence-electron chi connectivity index (χ1n) is 8.31. The highest BCUT2D eigenvalue weighted by atomic mass is 16.5. The summed E-state index contributed by atoms with van der Waals surface area (Å²) in [7, 11) is 1.58. The average molecular weight is 342 g/mol. The number of nitrogens with one attached hydrogen (secondary N) is 2. The maximum Gasteiger partial charge on any atom is 0.319 e. The fraction of sp³-hybridized carbons (Fsp3) is 0.350. The molecule has 2 N–H and O–H groups in total. The summed E-state index contributed by atoms with van der Waals surface area (Å²) in [5.41, 5.74) is 5.11. The Kier molecular flexibility index (Phi) is 6.28. The van der Waals surface area contributed by atoms with Gasteiger partial charge in [-0.25, -0.2) is 4.79 Å². The van der Waals surface area contributed by atoms with Crippen molar-refractivity contribution in [1.82, 2.24) is 5.32 Å². The molecular formula is C20H26N2O3. The van der Waals surface area contributed by atoms with Crippen molar-refractivity contribution in [2.75, 3.05) is 25.6 Å². The lowest BCUT2D eigenvalue weighted by Gasteiger charge is -2.15. The predicted molar refractivity (Wildman–Crippen MR) is 101 cm³/mol. The quantitative estimate of drug-likeness (QED) is 0.776. The second kappa shape index (κ2) is 8.42. The molecule has 0 fully saturated rings. The molecule has 0 atom stereocenters. The van der Waals surface area contributed by atoms with Crippen LogP contribution in [-0.2, 0) is 0 Å². The molecule has 0 aliphatic heterocycles. The van der Waals surface area contributed by atoms with Crippen LogP contribution < -0.4 is 20.1 Å². The largest absolute Gasteiger partial charge is 0.495 e. The highest BCUT2D eigenvalue weighted by Crippen LogP contribution is 2.26. The van der Waals surface area contributed by atoms with E-state index >= 15 is 0 Å². The molecular weight excluding hydrogens is 316 g/mol. The van der Waals surface area contributed by atoms with Crippen LogP contribution in [0.5, 0.6) is 11.5 Å². The van der Waals surface area contributed by atoms with Crippen LogP contribution in [0.15, 0.2) is 30.3 Å². The van der Waals surface area contributed by atoms with Crippen molar-refractivity contribution < 1.29 is 14.3 Å². The zero-order valence-corrected chi connectivity index (χ0v) is 15.5. The zero-order chi connectivity index (χ0) is 18.4. The normalized spacial score (nSPS) is 10.3. The number of hydrogen-bond acceptors (Lipinski definition) is 3. The van der Waals surface area contributed by atoms with E-state index in [1.165, 1.54) is 5.56 Å². The Balaban J connectivity index is 1.86. The van der Waals surface area contributed by atoms with Crippen LogP contribution in [-0.4, -0.2) is 26.3 Å². The van der Waals surface area contributed by atoms with Gasteiger partial charge >= 0.3 is 6.03 Å². The monoisotopic (exact) mass is 342 g/mol. The lowest BCUT2D eigenvalue weighted by Crippen LogP contribution is -2.32. The molecule has 0 radical (unpaired) electrons. The van der Waals surface area contributed by atoms with Crippen LogP contribution in [0.3, 0.4) is 0 Å². The Bertz CT molecular complexity index is 757. The Morgan fingerprint density at radius 1 is 1.04 bits per heavy atom. The van der Waals surface area contributed by atoms with E-state index in [9.17, 15) is 4.79 Å². The maximum absolute atomic E-state index is 12.1. The number of anilines is 1. The van der Waals surface area contributed by atoms with Crippen LogP contribution in [0.25, 0.3) is 0 Å². The SMILES string of the molecule is COc1ccc(C)cc1NC(=O)NCCOc1c(C)ccc(C)c1C. The number of rotatable bonds is 6. The highest BCUT2D eigenvalue weighted by Gasteiger charge is 2.09. The summed E-state index contributed by atoms with van der Waals surface area (Å²) in [5.74, 6) is 1.52. The van der Waals surface area contributed by atoms with Gasteiger partial charge in [0.05, 0.1) is 19.3 Å². The van der Waals surface area contributed by atoms with Gasteiger partial charge in [0.2, 0.25) is 0 Å². The van der Waals surface area contributed by atoms with Crippen molar-refractivity contribution in [3.05, 3.63) is 52.6 Å². The zero-order valence-electron chi connectivity index (χ0n) is 15.5. The standard InChI is InChI=1S/C20H26N2O3/c1-13-6-9-18(24-5)17(12-13)22-20(23)21-10-11-25-19-15(3)8-7-14(2)16(19)4/h6-9,12H,10-11H2,1-5H3,(H2,21,22,23). The summed E-state index contributed by atoms with van der Waals surface area (Å²) in [6.07, 6.45) is 0. The van der Waals surface area contributed by atoms with E-state index in [-0.39, 0.29) is 6.03 Å². The molecule has 0 saturated heterocycles. The summed E-state index contributed by atoms with van der Waals surface area (Å²) in [6, 6.07) is 9.47. The summed E-state index contributed by atoms with van der Waals surface area (Å²) in [6.45, 7) is 8.90. The second-order valence-electron chi connectivity index (χ2n) is 6.09. The van der Waals surface area contributed by atoms with Gasteiger partial charge in [-0.15, -0.1) is 0 Å². The number of ether oxygens (including phenoxy) is 2. The second-order valence-corrected chi connectivity index (χ2v) is 6.09. The van der Waals surface area contributed by atoms with Gasteiger partial charge in [0.25, 0.3) is 0 Å². The Morgan fingerprint density at radius 2 is 1.76 bits per heavy atom. The van der Waals surface area contributed by atoms with Gasteiger partial charge < -0.3 is 20.1 Å². The van der Waals surface area contributed by atoms with Crippen LogP contribution in [0.2, 0.25) is 0 Å². The molecule has 2 aromatic rings. The van der Waals surface area contributed by atoms with E-state index in [4.69, 9.17) is 9.47 Å². The third-order valence-electron chi connectivity index (χ3n) is 4.11. The fourth-order valence-corrected chi connectivity index (χ4v) is 2.55. The van der Waals surface area contributed by atoms with Gasteiger partial charge in [-0.1, -0.05) is 18.2 Å². The third-order valence-corrected chi connectivity index (χ3v) is 4.11. The molecule has 134 valence electrons. The van der Waals surface area contributed by atoms with E-state index in [0.717, 1.165) is 22.4 Å². The number of methoxy groups -OCH3 is 1. The van der Waals surface area contributed by atoms with Gasteiger partial charge in [-0.2, -0.15) is 0 Å². The molecule has 0 aromatic heterocycles. The van der Waals surface area contributed by atoms with Crippen molar-refractivity contribution in [2.24, 2.45) is 0 Å². The first kappa shape index (κ1) is 18.6. The summed E-state index contributed by atoms with van der Waals surface area (Å²) in [5, 5.41) is 5.60. The minimum atomic E-state index is -0.287. The molecule has 2 aromatic carbocycles. The van der Waals surface area contributed by atoms with Crippen LogP contribution >= 0.6 is 0 Å². The lowest BCUT2D eigenvalue weighted by molar-refractivity contribution is 0.247. The molecule has 5 heteroatoms. The van der Waals surface area contributed by atoms with Crippen LogP contribution in [0, 0.1) is 27.7 Å². The van der Waals surface area contributed by atoms with Gasteiger partial charge in [0, 0.05) is 0 Å². The Labute approximate surface area is 149 Å². The van der Waals surface area contributed by atoms with Crippen molar-refractivity contribution >= 4 is 11.7 Å². The third kappa shape index (κ3) is 4.89. The van der Waals surface area contributed by atoms with E-state index in [0.29, 0.717) is 24.6 Å². The number of urea groups is 1. The smallest absolute Gasteiger partial charge is 0.319 e. The van der Waals surface area contributed by atoms with Crippen molar-refractivity contribution in [2.45, 2.75) is 27.7 Å². The summed E-state index contributed by atoms with van der Waals surface area (Å²) >= 11 is 0. The van der Waals surface area contributed by atoms with E-state index in [1.807, 2.05) is 45.0 Å². The number of carbonyl (C=O) groups is 1. The summed E-state index contributed by atoms with van der Waals surface area (Å²) in [4.78, 5) is 12.1. The predicted octanol–water partition coefficient (Wildman–Crippen LogP) is 4.13. The van der Waals surface area contributed by atoms with Crippen molar-refractivity contribution in [3.63, 3.8) is 0 Å². The van der Waals surface area contributed by atoms with Gasteiger partial charge in [-0.05, 0) is 62.1 Å². The molecule has 0 heterocycles. The topological polar surface area (TPSA) is 59.6 Å². The minimum absolute atomic E-state index is 0.287. The first-order chi connectivity index (χ1) is 11.9. The maximum atomic E-state index is 12.1. The molecule has 0 aliphatic rings. The van der Waals surface area contributed by atoms with Gasteiger partial charge in [0.1, 0.15) is 18.1 Å². The van der Waals surface area contributed by atoms with Crippen LogP contribution in [0.4, 0.5) is 10.5 Å². The number of aryl methyl sites for hydroxylation is 3. The molecule has 0 aliphatic carbocycles. The number of hydrogen-bond donors (Lipinski definition) is 2. The van der Waals surface area contributed by atoms with E-state index in [2.05, 4.69) is 23.6 Å². The molecule has 0 bridgehead atoms. The molecule has 2 rings (SSSR count). The number of benzene rings is 2. The molecule has 25 heavy (non-hydrogen) atoms.